The molecule has 0 aromatic carbocycles. The first kappa shape index (κ1) is 9.50. The summed E-state index contributed by atoms with van der Waals surface area (Å²) in [7, 11) is 0. The normalized spacial score (nSPS) is 10.6. The molecule has 0 aliphatic heterocycles. The van der Waals surface area contributed by atoms with Gasteiger partial charge in [-0.2, -0.15) is 0 Å². The Morgan fingerprint density at radius 2 is 2.10 bits per heavy atom. The first-order valence-corrected chi connectivity index (χ1v) is 3.94. The fraction of sp³-hybridized carbons (Fsp3) is 0.750. The van der Waals surface area contributed by atoms with Crippen molar-refractivity contribution in [2.24, 2.45) is 0 Å². The summed E-state index contributed by atoms with van der Waals surface area (Å²) in [6, 6.07) is 0. The summed E-state index contributed by atoms with van der Waals surface area (Å²) in [6.45, 7) is 2.19. The zero-order chi connectivity index (χ0) is 7.66. The molecule has 10 heavy (non-hydrogen) atoms. The highest BCUT2D eigenvalue weighted by atomic mass is 16.5. The lowest BCUT2D eigenvalue weighted by molar-refractivity contribution is 0.674. The minimum atomic E-state index is 1.02. The fourth-order valence-corrected chi connectivity index (χ4v) is 0.820. The van der Waals surface area contributed by atoms with Crippen LogP contribution in [0, 0.1) is 5.21 Å². The van der Waals surface area contributed by atoms with Crippen molar-refractivity contribution in [3.8, 4) is 0 Å². The minimum Gasteiger partial charge on any atom is -0.761 e. The summed E-state index contributed by atoms with van der Waals surface area (Å²) >= 11 is 0. The monoisotopic (exact) mass is 142 g/mol. The quantitative estimate of drug-likeness (QED) is 0.457. The van der Waals surface area contributed by atoms with Gasteiger partial charge in [0.15, 0.2) is 0 Å². The van der Waals surface area contributed by atoms with Crippen LogP contribution in [0.5, 0.6) is 0 Å². The average molecular weight is 142 g/mol. The van der Waals surface area contributed by atoms with E-state index in [0.717, 1.165) is 6.42 Å². The highest BCUT2D eigenvalue weighted by Gasteiger charge is 1.82. The van der Waals surface area contributed by atoms with Gasteiger partial charge in [0.05, 0.1) is 0 Å². The van der Waals surface area contributed by atoms with E-state index < -0.39 is 0 Å². The topological polar surface area (TPSA) is 35.1 Å². The van der Waals surface area contributed by atoms with Crippen LogP contribution in [-0.2, 0) is 0 Å². The summed E-state index contributed by atoms with van der Waals surface area (Å²) in [5.74, 6) is 0. The van der Waals surface area contributed by atoms with Crippen molar-refractivity contribution in [3.63, 3.8) is 0 Å². The third-order valence-electron chi connectivity index (χ3n) is 1.41. The van der Waals surface area contributed by atoms with Crippen molar-refractivity contribution in [3.05, 3.63) is 17.5 Å². The molecule has 0 saturated carbocycles. The van der Waals surface area contributed by atoms with E-state index in [1.165, 1.54) is 31.9 Å². The Hall–Kier alpha value is -0.500. The second kappa shape index (κ2) is 8.50. The zero-order valence-corrected chi connectivity index (χ0v) is 6.60. The lowest BCUT2D eigenvalue weighted by Crippen LogP contribution is -1.86. The Morgan fingerprint density at radius 3 is 2.70 bits per heavy atom. The molecule has 0 heterocycles. The molecule has 0 atom stereocenters. The molecular formula is C8H16NO-. The molecular weight excluding hydrogens is 126 g/mol. The van der Waals surface area contributed by atoms with Gasteiger partial charge >= 0.3 is 0 Å². The molecule has 2 nitrogen and oxygen atoms in total. The molecule has 0 amide bonds. The zero-order valence-electron chi connectivity index (χ0n) is 6.60. The van der Waals surface area contributed by atoms with Gasteiger partial charge in [-0.1, -0.05) is 32.3 Å². The second-order valence-corrected chi connectivity index (χ2v) is 2.37. The molecule has 2 heteroatoms. The summed E-state index contributed by atoms with van der Waals surface area (Å²) < 4.78 is 0. The summed E-state index contributed by atoms with van der Waals surface area (Å²) in [4.78, 5) is 0. The Kier molecular flexibility index (Phi) is 8.07. The van der Waals surface area contributed by atoms with Gasteiger partial charge in [0.1, 0.15) is 0 Å². The van der Waals surface area contributed by atoms with E-state index in [9.17, 15) is 5.21 Å². The third kappa shape index (κ3) is 7.50. The van der Waals surface area contributed by atoms with Crippen molar-refractivity contribution >= 4 is 0 Å². The Balaban J connectivity index is 2.83. The van der Waals surface area contributed by atoms with Crippen LogP contribution in [0.4, 0.5) is 0 Å². The molecule has 0 fully saturated rings. The van der Waals surface area contributed by atoms with Gasteiger partial charge in [-0.05, 0) is 19.0 Å². The van der Waals surface area contributed by atoms with Crippen molar-refractivity contribution in [1.29, 1.82) is 0 Å². The predicted molar refractivity (Wildman–Crippen MR) is 44.4 cm³/mol. The van der Waals surface area contributed by atoms with Gasteiger partial charge in [-0.25, -0.2) is 0 Å². The van der Waals surface area contributed by atoms with Crippen molar-refractivity contribution < 1.29 is 0 Å². The van der Waals surface area contributed by atoms with Gasteiger partial charge in [-0.3, -0.25) is 0 Å². The molecule has 0 rings (SSSR count). The largest absolute Gasteiger partial charge is 0.761 e. The maximum absolute atomic E-state index is 9.68. The van der Waals surface area contributed by atoms with Crippen LogP contribution in [0.2, 0.25) is 0 Å². The van der Waals surface area contributed by atoms with Gasteiger partial charge in [0.2, 0.25) is 0 Å². The molecule has 0 aromatic heterocycles. The number of unbranched alkanes of at least 4 members (excludes halogenated alkanes) is 4. The van der Waals surface area contributed by atoms with E-state index in [0.29, 0.717) is 0 Å². The standard InChI is InChI=1S/C8H16NO/c1-2-3-4-5-6-7-8-9-10/h7-9H,2-6H2,1H3/q-1. The summed E-state index contributed by atoms with van der Waals surface area (Å²) in [5, 5.41) is 9.68. The number of nitrogens with one attached hydrogen (secondary N) is 1. The van der Waals surface area contributed by atoms with Crippen molar-refractivity contribution in [2.75, 3.05) is 0 Å². The molecule has 0 aliphatic rings. The number of hydrogen-bond donors (Lipinski definition) is 1. The molecule has 0 aromatic rings. The van der Waals surface area contributed by atoms with E-state index in [4.69, 9.17) is 0 Å². The van der Waals surface area contributed by atoms with Crippen LogP contribution in [0.25, 0.3) is 0 Å². The molecule has 60 valence electrons. The van der Waals surface area contributed by atoms with Crippen LogP contribution < -0.4 is 5.48 Å². The van der Waals surface area contributed by atoms with E-state index in [1.54, 1.807) is 5.48 Å². The maximum atomic E-state index is 9.68. The smallest absolute Gasteiger partial charge is 0.0184 e. The predicted octanol–water partition coefficient (Wildman–Crippen LogP) is 2.56. The van der Waals surface area contributed by atoms with E-state index in [-0.39, 0.29) is 0 Å². The molecule has 0 saturated heterocycles. The highest BCUT2D eigenvalue weighted by Crippen LogP contribution is 2.01. The van der Waals surface area contributed by atoms with Gasteiger partial charge in [-0.15, -0.1) is 0 Å². The van der Waals surface area contributed by atoms with Gasteiger partial charge in [0, 0.05) is 0 Å². The molecule has 0 bridgehead atoms. The number of hydroxylamine groups is 1. The maximum Gasteiger partial charge on any atom is -0.0184 e. The lowest BCUT2D eigenvalue weighted by atomic mass is 10.1. The molecule has 0 aliphatic carbocycles. The highest BCUT2D eigenvalue weighted by molar-refractivity contribution is 4.78. The average Bonchev–Trinajstić information content (AvgIpc) is 1.97. The number of rotatable bonds is 6. The SMILES string of the molecule is CCCCCCC=CN[O-]. The van der Waals surface area contributed by atoms with Crippen LogP contribution in [0.15, 0.2) is 12.3 Å². The van der Waals surface area contributed by atoms with Crippen LogP contribution >= 0.6 is 0 Å². The lowest BCUT2D eigenvalue weighted by Gasteiger charge is -1.99. The minimum absolute atomic E-state index is 1.02. The molecule has 1 N–H and O–H groups in total. The first-order chi connectivity index (χ1) is 4.91. The van der Waals surface area contributed by atoms with Crippen molar-refractivity contribution in [1.82, 2.24) is 5.48 Å². The van der Waals surface area contributed by atoms with E-state index in [1.807, 2.05) is 6.08 Å². The van der Waals surface area contributed by atoms with E-state index in [2.05, 4.69) is 6.92 Å². The molecule has 0 spiro atoms. The van der Waals surface area contributed by atoms with Crippen molar-refractivity contribution in [2.45, 2.75) is 39.0 Å². The Morgan fingerprint density at radius 1 is 1.30 bits per heavy atom. The fourth-order valence-electron chi connectivity index (χ4n) is 0.820. The summed E-state index contributed by atoms with van der Waals surface area (Å²) in [5.41, 5.74) is 1.73. The molecule has 0 unspecified atom stereocenters. The molecule has 0 radical (unpaired) electrons. The van der Waals surface area contributed by atoms with Crippen LogP contribution in [0.1, 0.15) is 39.0 Å². The third-order valence-corrected chi connectivity index (χ3v) is 1.41. The van der Waals surface area contributed by atoms with Crippen LogP contribution in [-0.4, -0.2) is 0 Å². The van der Waals surface area contributed by atoms with Crippen LogP contribution in [0.3, 0.4) is 0 Å². The number of allylic oxidation sites excluding steroid dienone is 1. The van der Waals surface area contributed by atoms with Gasteiger partial charge < -0.3 is 10.7 Å². The second-order valence-electron chi connectivity index (χ2n) is 2.37. The number of hydrogen-bond acceptors (Lipinski definition) is 2. The Bertz CT molecular complexity index is 81.3. The summed E-state index contributed by atoms with van der Waals surface area (Å²) in [6.07, 6.45) is 9.40. The Labute approximate surface area is 62.9 Å². The van der Waals surface area contributed by atoms with E-state index >= 15 is 0 Å². The van der Waals surface area contributed by atoms with Gasteiger partial charge in [0.25, 0.3) is 0 Å². The first-order valence-electron chi connectivity index (χ1n) is 3.94.